The number of nitrogens with one attached hydrogen (secondary N) is 1. The highest BCUT2D eigenvalue weighted by Gasteiger charge is 2.00. The number of aliphatic carboxylic acids is 1. The molecule has 7 nitrogen and oxygen atoms in total. The van der Waals surface area contributed by atoms with Gasteiger partial charge in [0.05, 0.1) is 0 Å². The van der Waals surface area contributed by atoms with Gasteiger partial charge in [-0.25, -0.2) is 4.68 Å². The second-order valence-corrected chi connectivity index (χ2v) is 2.90. The van der Waals surface area contributed by atoms with E-state index in [1.165, 1.54) is 4.68 Å². The van der Waals surface area contributed by atoms with E-state index >= 15 is 0 Å². The number of aryl methyl sites for hydroxylation is 1. The van der Waals surface area contributed by atoms with Gasteiger partial charge in [0.1, 0.15) is 0 Å². The Hall–Kier alpha value is -1.66. The van der Waals surface area contributed by atoms with Crippen LogP contribution in [-0.4, -0.2) is 37.8 Å². The molecule has 1 aromatic rings. The van der Waals surface area contributed by atoms with Crippen molar-refractivity contribution in [1.29, 1.82) is 0 Å². The number of aromatic nitrogens is 4. The molecule has 7 heteroatoms. The molecule has 0 atom stereocenters. The van der Waals surface area contributed by atoms with Crippen LogP contribution in [0.5, 0.6) is 0 Å². The predicted octanol–water partition coefficient (Wildman–Crippen LogP) is -0.123. The Morgan fingerprint density at radius 3 is 2.93 bits per heavy atom. The summed E-state index contributed by atoms with van der Waals surface area (Å²) in [5.41, 5.74) is 0. The van der Waals surface area contributed by atoms with E-state index in [-0.39, 0.29) is 6.42 Å². The number of hydrogen-bond acceptors (Lipinski definition) is 5. The molecular formula is C7H13N5O2. The van der Waals surface area contributed by atoms with Gasteiger partial charge in [-0.15, -0.1) is 0 Å². The largest absolute Gasteiger partial charge is 0.481 e. The summed E-state index contributed by atoms with van der Waals surface area (Å²) in [6.45, 7) is 0.682. The molecule has 0 aliphatic rings. The number of anilines is 1. The third kappa shape index (κ3) is 3.38. The highest BCUT2D eigenvalue weighted by Crippen LogP contribution is 1.99. The van der Waals surface area contributed by atoms with Crippen LogP contribution in [0.15, 0.2) is 0 Å². The molecule has 14 heavy (non-hydrogen) atoms. The van der Waals surface area contributed by atoms with Crippen LogP contribution in [0.4, 0.5) is 5.95 Å². The molecule has 0 spiro atoms. The number of carbonyl (C=O) groups is 1. The van der Waals surface area contributed by atoms with Gasteiger partial charge in [0, 0.05) is 20.0 Å². The van der Waals surface area contributed by atoms with E-state index in [1.807, 2.05) is 0 Å². The number of hydrogen-bond donors (Lipinski definition) is 2. The van der Waals surface area contributed by atoms with Gasteiger partial charge in [0.25, 0.3) is 0 Å². The monoisotopic (exact) mass is 199 g/mol. The predicted molar refractivity (Wildman–Crippen MR) is 48.8 cm³/mol. The van der Waals surface area contributed by atoms with Gasteiger partial charge in [-0.05, 0) is 23.3 Å². The van der Waals surface area contributed by atoms with Crippen LogP contribution in [0, 0.1) is 0 Å². The molecule has 0 saturated carbocycles. The van der Waals surface area contributed by atoms with Crippen molar-refractivity contribution in [2.24, 2.45) is 7.05 Å². The highest BCUT2D eigenvalue weighted by molar-refractivity contribution is 5.66. The second kappa shape index (κ2) is 5.15. The third-order valence-corrected chi connectivity index (χ3v) is 1.72. The van der Waals surface area contributed by atoms with Gasteiger partial charge < -0.3 is 10.4 Å². The molecule has 1 heterocycles. The molecule has 0 saturated heterocycles. The molecule has 0 bridgehead atoms. The first-order valence-electron chi connectivity index (χ1n) is 4.38. The molecule has 0 fully saturated rings. The lowest BCUT2D eigenvalue weighted by atomic mass is 10.2. The Morgan fingerprint density at radius 2 is 2.36 bits per heavy atom. The second-order valence-electron chi connectivity index (χ2n) is 2.90. The lowest BCUT2D eigenvalue weighted by Crippen LogP contribution is -2.07. The minimum Gasteiger partial charge on any atom is -0.481 e. The normalized spacial score (nSPS) is 10.1. The summed E-state index contributed by atoms with van der Waals surface area (Å²) in [6, 6.07) is 0. The maximum absolute atomic E-state index is 10.2. The highest BCUT2D eigenvalue weighted by atomic mass is 16.4. The van der Waals surface area contributed by atoms with Crippen LogP contribution in [0.25, 0.3) is 0 Å². The van der Waals surface area contributed by atoms with Gasteiger partial charge >= 0.3 is 5.97 Å². The Balaban J connectivity index is 2.10. The van der Waals surface area contributed by atoms with Gasteiger partial charge in [-0.3, -0.25) is 4.79 Å². The number of rotatable bonds is 6. The zero-order valence-electron chi connectivity index (χ0n) is 7.97. The van der Waals surface area contributed by atoms with Gasteiger partial charge in [-0.1, -0.05) is 5.10 Å². The molecule has 0 aliphatic heterocycles. The first-order chi connectivity index (χ1) is 6.70. The minimum atomic E-state index is -0.759. The summed E-state index contributed by atoms with van der Waals surface area (Å²) in [4.78, 5) is 10.2. The third-order valence-electron chi connectivity index (χ3n) is 1.72. The minimum absolute atomic E-state index is 0.207. The number of nitrogens with zero attached hydrogens (tertiary/aromatic N) is 4. The molecule has 0 amide bonds. The van der Waals surface area contributed by atoms with Crippen molar-refractivity contribution in [2.75, 3.05) is 11.9 Å². The van der Waals surface area contributed by atoms with Crippen molar-refractivity contribution in [3.05, 3.63) is 0 Å². The molecule has 0 aliphatic carbocycles. The molecule has 2 N–H and O–H groups in total. The van der Waals surface area contributed by atoms with Crippen molar-refractivity contribution in [3.63, 3.8) is 0 Å². The van der Waals surface area contributed by atoms with Crippen molar-refractivity contribution >= 4 is 11.9 Å². The van der Waals surface area contributed by atoms with Crippen LogP contribution in [0.3, 0.4) is 0 Å². The number of unbranched alkanes of at least 4 members (excludes halogenated alkanes) is 1. The average molecular weight is 199 g/mol. The van der Waals surface area contributed by atoms with E-state index in [9.17, 15) is 4.79 Å². The summed E-state index contributed by atoms with van der Waals surface area (Å²) in [5, 5.41) is 22.2. The van der Waals surface area contributed by atoms with Crippen molar-refractivity contribution < 1.29 is 9.90 Å². The number of carboxylic acid groups (broad SMARTS) is 1. The van der Waals surface area contributed by atoms with E-state index in [2.05, 4.69) is 20.8 Å². The molecule has 78 valence electrons. The first-order valence-corrected chi connectivity index (χ1v) is 4.38. The Labute approximate surface area is 81.1 Å². The van der Waals surface area contributed by atoms with Crippen LogP contribution in [0.2, 0.25) is 0 Å². The SMILES string of the molecule is Cn1nnnc1NCCCCC(=O)O. The Bertz CT molecular complexity index is 298. The van der Waals surface area contributed by atoms with Crippen LogP contribution in [0.1, 0.15) is 19.3 Å². The molecular weight excluding hydrogens is 186 g/mol. The summed E-state index contributed by atoms with van der Waals surface area (Å²) in [6.07, 6.45) is 1.66. The summed E-state index contributed by atoms with van der Waals surface area (Å²) in [5.74, 6) is -0.161. The lowest BCUT2D eigenvalue weighted by molar-refractivity contribution is -0.137. The van der Waals surface area contributed by atoms with Crippen molar-refractivity contribution in [3.8, 4) is 0 Å². The number of tetrazole rings is 1. The molecule has 0 unspecified atom stereocenters. The Morgan fingerprint density at radius 1 is 1.57 bits per heavy atom. The van der Waals surface area contributed by atoms with E-state index in [1.54, 1.807) is 7.05 Å². The average Bonchev–Trinajstić information content (AvgIpc) is 2.51. The molecule has 1 aromatic heterocycles. The van der Waals surface area contributed by atoms with Crippen LogP contribution < -0.4 is 5.32 Å². The fourth-order valence-electron chi connectivity index (χ4n) is 0.981. The Kier molecular flexibility index (Phi) is 3.84. The standard InChI is InChI=1S/C7H13N5O2/c1-12-7(9-10-11-12)8-5-3-2-4-6(13)14/h2-5H2,1H3,(H,13,14)(H,8,9,11). The van der Waals surface area contributed by atoms with Crippen LogP contribution >= 0.6 is 0 Å². The maximum atomic E-state index is 10.2. The van der Waals surface area contributed by atoms with Crippen molar-refractivity contribution in [1.82, 2.24) is 20.2 Å². The van der Waals surface area contributed by atoms with Gasteiger partial charge in [-0.2, -0.15) is 0 Å². The topological polar surface area (TPSA) is 92.9 Å². The zero-order valence-corrected chi connectivity index (χ0v) is 7.97. The van der Waals surface area contributed by atoms with Gasteiger partial charge in [0.2, 0.25) is 5.95 Å². The first kappa shape index (κ1) is 10.4. The molecule has 0 radical (unpaired) electrons. The summed E-state index contributed by atoms with van der Waals surface area (Å²) in [7, 11) is 1.74. The van der Waals surface area contributed by atoms with E-state index < -0.39 is 5.97 Å². The van der Waals surface area contributed by atoms with Gasteiger partial charge in [0.15, 0.2) is 0 Å². The fourth-order valence-corrected chi connectivity index (χ4v) is 0.981. The summed E-state index contributed by atoms with van der Waals surface area (Å²) >= 11 is 0. The molecule has 0 aromatic carbocycles. The molecule has 1 rings (SSSR count). The van der Waals surface area contributed by atoms with Crippen molar-refractivity contribution in [2.45, 2.75) is 19.3 Å². The fraction of sp³-hybridized carbons (Fsp3) is 0.714. The smallest absolute Gasteiger partial charge is 0.303 e. The van der Waals surface area contributed by atoms with Crippen LogP contribution in [-0.2, 0) is 11.8 Å². The van der Waals surface area contributed by atoms with E-state index in [4.69, 9.17) is 5.11 Å². The maximum Gasteiger partial charge on any atom is 0.303 e. The summed E-state index contributed by atoms with van der Waals surface area (Å²) < 4.78 is 1.52. The number of carboxylic acids is 1. The zero-order chi connectivity index (χ0) is 10.4. The lowest BCUT2D eigenvalue weighted by Gasteiger charge is -2.02. The van der Waals surface area contributed by atoms with E-state index in [0.717, 1.165) is 6.42 Å². The quantitative estimate of drug-likeness (QED) is 0.620. The van der Waals surface area contributed by atoms with E-state index in [0.29, 0.717) is 18.9 Å².